The third-order valence-electron chi connectivity index (χ3n) is 5.25. The van der Waals surface area contributed by atoms with E-state index in [1.54, 1.807) is 35.2 Å². The van der Waals surface area contributed by atoms with Crippen LogP contribution in [0.1, 0.15) is 25.8 Å². The summed E-state index contributed by atoms with van der Waals surface area (Å²) in [6.45, 7) is 4.41. The van der Waals surface area contributed by atoms with Crippen molar-refractivity contribution in [3.63, 3.8) is 0 Å². The maximum absolute atomic E-state index is 12.9. The molecule has 0 fully saturated rings. The molecule has 0 saturated carbocycles. The average Bonchev–Trinajstić information content (AvgIpc) is 2.72. The third-order valence-corrected chi connectivity index (χ3v) is 6.63. The van der Waals surface area contributed by atoms with E-state index in [1.165, 1.54) is 0 Å². The molecule has 1 heterocycles. The molecule has 1 aliphatic rings. The molecule has 0 radical (unpaired) electrons. The summed E-state index contributed by atoms with van der Waals surface area (Å²) in [6.07, 6.45) is 1.79. The molecule has 3 aromatic rings. The van der Waals surface area contributed by atoms with Gasteiger partial charge in [-0.05, 0) is 53.4 Å². The van der Waals surface area contributed by atoms with Crippen LogP contribution in [0.15, 0.2) is 65.6 Å². The normalized spacial score (nSPS) is 14.1. The van der Waals surface area contributed by atoms with Crippen molar-refractivity contribution in [2.75, 3.05) is 16.2 Å². The zero-order chi connectivity index (χ0) is 20.6. The van der Waals surface area contributed by atoms with E-state index in [9.17, 15) is 13.2 Å². The van der Waals surface area contributed by atoms with Gasteiger partial charge < -0.3 is 4.90 Å². The number of hydrogen-bond donors (Lipinski definition) is 1. The summed E-state index contributed by atoms with van der Waals surface area (Å²) < 4.78 is 28.6. The van der Waals surface area contributed by atoms with Crippen LogP contribution < -0.4 is 9.62 Å². The Morgan fingerprint density at radius 3 is 2.52 bits per heavy atom. The highest BCUT2D eigenvalue weighted by Gasteiger charge is 2.25. The van der Waals surface area contributed by atoms with Gasteiger partial charge in [0, 0.05) is 18.2 Å². The Bertz CT molecular complexity index is 1190. The third kappa shape index (κ3) is 3.85. The average molecular weight is 409 g/mol. The molecule has 0 aliphatic carbocycles. The second-order valence-corrected chi connectivity index (χ2v) is 9.39. The molecule has 1 amide bonds. The fourth-order valence-corrected chi connectivity index (χ4v) is 4.81. The van der Waals surface area contributed by atoms with Crippen LogP contribution in [-0.2, 0) is 21.2 Å². The molecule has 0 spiro atoms. The van der Waals surface area contributed by atoms with E-state index < -0.39 is 10.0 Å². The zero-order valence-corrected chi connectivity index (χ0v) is 17.4. The number of sulfonamides is 1. The standard InChI is InChI=1S/C23H24N2O3S/c1-16(2)23(26)25-13-5-8-18-9-11-20(15-22(18)25)24-29(27,28)21-12-10-17-6-3-4-7-19(17)14-21/h3-4,6-7,9-12,14-16,24H,5,8,13H2,1-2H3. The monoisotopic (exact) mass is 408 g/mol. The molecule has 0 atom stereocenters. The molecule has 0 saturated heterocycles. The molecule has 0 bridgehead atoms. The minimum atomic E-state index is -3.74. The highest BCUT2D eigenvalue weighted by atomic mass is 32.2. The Morgan fingerprint density at radius 1 is 1.00 bits per heavy atom. The van der Waals surface area contributed by atoms with Crippen molar-refractivity contribution in [1.29, 1.82) is 0 Å². The second kappa shape index (κ2) is 7.52. The number of nitrogens with one attached hydrogen (secondary N) is 1. The van der Waals surface area contributed by atoms with Crippen molar-refractivity contribution < 1.29 is 13.2 Å². The Kier molecular flexibility index (Phi) is 5.04. The van der Waals surface area contributed by atoms with E-state index in [0.717, 1.165) is 34.9 Å². The van der Waals surface area contributed by atoms with E-state index in [1.807, 2.05) is 44.2 Å². The quantitative estimate of drug-likeness (QED) is 0.687. The van der Waals surface area contributed by atoms with E-state index in [-0.39, 0.29) is 16.7 Å². The number of rotatable bonds is 4. The predicted octanol–water partition coefficient (Wildman–Crippen LogP) is 4.58. The van der Waals surface area contributed by atoms with Crippen molar-refractivity contribution in [3.05, 3.63) is 66.2 Å². The Morgan fingerprint density at radius 2 is 1.76 bits per heavy atom. The molecule has 29 heavy (non-hydrogen) atoms. The maximum Gasteiger partial charge on any atom is 0.261 e. The van der Waals surface area contributed by atoms with Crippen LogP contribution in [0.4, 0.5) is 11.4 Å². The predicted molar refractivity (Wildman–Crippen MR) is 117 cm³/mol. The summed E-state index contributed by atoms with van der Waals surface area (Å²) in [5.74, 6) is -0.0561. The van der Waals surface area contributed by atoms with Gasteiger partial charge in [0.25, 0.3) is 10.0 Å². The number of carbonyl (C=O) groups excluding carboxylic acids is 1. The van der Waals surface area contributed by atoms with Crippen LogP contribution in [0.3, 0.4) is 0 Å². The fourth-order valence-electron chi connectivity index (χ4n) is 3.73. The molecule has 3 aromatic carbocycles. The molecule has 6 heteroatoms. The molecule has 0 unspecified atom stereocenters. The van der Waals surface area contributed by atoms with Gasteiger partial charge in [-0.25, -0.2) is 8.42 Å². The van der Waals surface area contributed by atoms with Gasteiger partial charge in [0.1, 0.15) is 0 Å². The first-order valence-corrected chi connectivity index (χ1v) is 11.3. The Balaban J connectivity index is 1.66. The van der Waals surface area contributed by atoms with Crippen molar-refractivity contribution in [2.24, 2.45) is 5.92 Å². The van der Waals surface area contributed by atoms with E-state index in [4.69, 9.17) is 0 Å². The zero-order valence-electron chi connectivity index (χ0n) is 16.6. The number of carbonyl (C=O) groups is 1. The van der Waals surface area contributed by atoms with Crippen LogP contribution in [0.25, 0.3) is 10.8 Å². The molecule has 1 aliphatic heterocycles. The second-order valence-electron chi connectivity index (χ2n) is 7.71. The van der Waals surface area contributed by atoms with E-state index in [0.29, 0.717) is 12.2 Å². The number of hydrogen-bond acceptors (Lipinski definition) is 3. The Hall–Kier alpha value is -2.86. The lowest BCUT2D eigenvalue weighted by molar-refractivity contribution is -0.121. The summed E-state index contributed by atoms with van der Waals surface area (Å²) >= 11 is 0. The molecule has 0 aromatic heterocycles. The Labute approximate surface area is 171 Å². The molecule has 150 valence electrons. The number of anilines is 2. The van der Waals surface area contributed by atoms with Gasteiger partial charge in [0.05, 0.1) is 10.6 Å². The lowest BCUT2D eigenvalue weighted by atomic mass is 9.99. The summed E-state index contributed by atoms with van der Waals surface area (Å²) in [4.78, 5) is 14.6. The first kappa shape index (κ1) is 19.5. The smallest absolute Gasteiger partial charge is 0.261 e. The van der Waals surface area contributed by atoms with E-state index >= 15 is 0 Å². The molecular weight excluding hydrogens is 384 g/mol. The topological polar surface area (TPSA) is 66.5 Å². The SMILES string of the molecule is CC(C)C(=O)N1CCCc2ccc(NS(=O)(=O)c3ccc4ccccc4c3)cc21. The number of fused-ring (bicyclic) bond motifs is 2. The van der Waals surface area contributed by atoms with Crippen molar-refractivity contribution in [3.8, 4) is 0 Å². The van der Waals surface area contributed by atoms with Crippen LogP contribution in [0, 0.1) is 5.92 Å². The lowest BCUT2D eigenvalue weighted by Crippen LogP contribution is -2.38. The summed E-state index contributed by atoms with van der Waals surface area (Å²) in [7, 11) is -3.74. The van der Waals surface area contributed by atoms with Crippen LogP contribution in [0.2, 0.25) is 0 Å². The van der Waals surface area contributed by atoms with E-state index in [2.05, 4.69) is 4.72 Å². The molecule has 5 nitrogen and oxygen atoms in total. The van der Waals surface area contributed by atoms with Crippen molar-refractivity contribution in [2.45, 2.75) is 31.6 Å². The number of nitrogens with zero attached hydrogens (tertiary/aromatic N) is 1. The first-order chi connectivity index (χ1) is 13.8. The van der Waals surface area contributed by atoms with Crippen LogP contribution in [-0.4, -0.2) is 20.9 Å². The van der Waals surface area contributed by atoms with Gasteiger partial charge in [-0.3, -0.25) is 9.52 Å². The van der Waals surface area contributed by atoms with Gasteiger partial charge >= 0.3 is 0 Å². The van der Waals surface area contributed by atoms with Gasteiger partial charge in [0.15, 0.2) is 0 Å². The first-order valence-electron chi connectivity index (χ1n) is 9.81. The maximum atomic E-state index is 12.9. The minimum Gasteiger partial charge on any atom is -0.312 e. The van der Waals surface area contributed by atoms with Gasteiger partial charge in [-0.1, -0.05) is 50.2 Å². The fraction of sp³-hybridized carbons (Fsp3) is 0.261. The number of amides is 1. The van der Waals surface area contributed by atoms with Crippen molar-refractivity contribution in [1.82, 2.24) is 0 Å². The molecule has 4 rings (SSSR count). The highest BCUT2D eigenvalue weighted by Crippen LogP contribution is 2.32. The molecular formula is C23H24N2O3S. The van der Waals surface area contributed by atoms with Gasteiger partial charge in [0.2, 0.25) is 5.91 Å². The van der Waals surface area contributed by atoms with Gasteiger partial charge in [-0.15, -0.1) is 0 Å². The van der Waals surface area contributed by atoms with Crippen molar-refractivity contribution >= 4 is 38.1 Å². The summed E-state index contributed by atoms with van der Waals surface area (Å²) in [6, 6.07) is 18.2. The largest absolute Gasteiger partial charge is 0.312 e. The molecule has 1 N–H and O–H groups in total. The van der Waals surface area contributed by atoms with Crippen LogP contribution in [0.5, 0.6) is 0 Å². The summed E-state index contributed by atoms with van der Waals surface area (Å²) in [5, 5.41) is 1.86. The highest BCUT2D eigenvalue weighted by molar-refractivity contribution is 7.92. The summed E-state index contributed by atoms with van der Waals surface area (Å²) in [5.41, 5.74) is 2.33. The number of aryl methyl sites for hydroxylation is 1. The minimum absolute atomic E-state index is 0.0560. The van der Waals surface area contributed by atoms with Gasteiger partial charge in [-0.2, -0.15) is 0 Å². The number of benzene rings is 3. The lowest BCUT2D eigenvalue weighted by Gasteiger charge is -2.31. The van der Waals surface area contributed by atoms with Crippen LogP contribution >= 0.6 is 0 Å².